The number of aromatic nitrogens is 1. The third-order valence-corrected chi connectivity index (χ3v) is 2.23. The molecule has 1 heterocycles. The molecule has 0 amide bonds. The average Bonchev–Trinajstić information content (AvgIpc) is 2.17. The van der Waals surface area contributed by atoms with E-state index in [-0.39, 0.29) is 0 Å². The molecule has 0 unspecified atom stereocenters. The zero-order valence-electron chi connectivity index (χ0n) is 5.74. The number of allylic oxidation sites excluding steroid dienone is 1. The van der Waals surface area contributed by atoms with Crippen molar-refractivity contribution < 1.29 is 0 Å². The van der Waals surface area contributed by atoms with Gasteiger partial charge in [0.05, 0.1) is 9.88 Å². The van der Waals surface area contributed by atoms with E-state index in [4.69, 9.17) is 5.73 Å². The summed E-state index contributed by atoms with van der Waals surface area (Å²) >= 11 is 1.49. The summed E-state index contributed by atoms with van der Waals surface area (Å²) in [5, 5.41) is 1.56. The van der Waals surface area contributed by atoms with E-state index in [1.54, 1.807) is 0 Å². The summed E-state index contributed by atoms with van der Waals surface area (Å²) in [7, 11) is 0. The van der Waals surface area contributed by atoms with Crippen molar-refractivity contribution in [1.29, 1.82) is 0 Å². The highest BCUT2D eigenvalue weighted by Gasteiger charge is 1.92. The van der Waals surface area contributed by atoms with Gasteiger partial charge in [-0.1, -0.05) is 11.3 Å². The zero-order chi connectivity index (χ0) is 7.68. The van der Waals surface area contributed by atoms with Crippen molar-refractivity contribution in [2.75, 3.05) is 5.73 Å². The van der Waals surface area contributed by atoms with Crippen molar-refractivity contribution in [2.45, 2.75) is 0 Å². The number of anilines is 1. The molecule has 0 aliphatic heterocycles. The van der Waals surface area contributed by atoms with Crippen LogP contribution in [0, 0.1) is 0 Å². The maximum atomic E-state index is 5.53. The third-order valence-electron chi connectivity index (χ3n) is 1.37. The van der Waals surface area contributed by atoms with E-state index < -0.39 is 0 Å². The Balaban J connectivity index is 2.88. The third kappa shape index (κ3) is 1.11. The minimum absolute atomic E-state index is 0.617. The Kier molecular flexibility index (Phi) is 1.39. The molecule has 0 bridgehead atoms. The lowest BCUT2D eigenvalue weighted by molar-refractivity contribution is 1.33. The van der Waals surface area contributed by atoms with Crippen molar-refractivity contribution >= 4 is 28.6 Å². The van der Waals surface area contributed by atoms with Gasteiger partial charge < -0.3 is 5.73 Å². The quantitative estimate of drug-likeness (QED) is 0.546. The van der Waals surface area contributed by atoms with Crippen LogP contribution in [0.5, 0.6) is 0 Å². The van der Waals surface area contributed by atoms with Gasteiger partial charge in [-0.05, 0) is 24.3 Å². The molecule has 1 aliphatic carbocycles. The molecule has 1 aromatic heterocycles. The number of nitrogens with two attached hydrogens (primary N) is 1. The van der Waals surface area contributed by atoms with Crippen LogP contribution in [0.4, 0.5) is 5.13 Å². The Morgan fingerprint density at radius 2 is 2.18 bits per heavy atom. The van der Waals surface area contributed by atoms with Crippen LogP contribution in [0.15, 0.2) is 17.9 Å². The number of fused-ring (bicyclic) bond motifs is 1. The van der Waals surface area contributed by atoms with E-state index >= 15 is 0 Å². The molecule has 0 radical (unpaired) electrons. The van der Waals surface area contributed by atoms with E-state index in [9.17, 15) is 0 Å². The highest BCUT2D eigenvalue weighted by molar-refractivity contribution is 7.13. The van der Waals surface area contributed by atoms with Crippen molar-refractivity contribution in [3.8, 4) is 0 Å². The standard InChI is InChI=1S/C8H6N2S/c9-8-10-6-4-2-1-3-5-7(6)11-8/h2-5H,(H2,9,10). The molecular weight excluding hydrogens is 156 g/mol. The maximum absolute atomic E-state index is 5.53. The first kappa shape index (κ1) is 6.40. The number of hydrogen-bond acceptors (Lipinski definition) is 3. The van der Waals surface area contributed by atoms with Crippen LogP contribution in [0.3, 0.4) is 0 Å². The minimum atomic E-state index is 0.617. The fourth-order valence-corrected chi connectivity index (χ4v) is 1.63. The van der Waals surface area contributed by atoms with Gasteiger partial charge in [0.25, 0.3) is 0 Å². The number of hydrogen-bond donors (Lipinski definition) is 1. The number of thiazole rings is 1. The average molecular weight is 162 g/mol. The summed E-state index contributed by atoms with van der Waals surface area (Å²) in [5.74, 6) is 0. The molecule has 54 valence electrons. The summed E-state index contributed by atoms with van der Waals surface area (Å²) in [6.45, 7) is 0. The monoisotopic (exact) mass is 162 g/mol. The van der Waals surface area contributed by atoms with E-state index in [1.165, 1.54) is 11.3 Å². The Morgan fingerprint density at radius 3 is 3.09 bits per heavy atom. The molecule has 2 N–H and O–H groups in total. The predicted molar refractivity (Wildman–Crippen MR) is 47.4 cm³/mol. The van der Waals surface area contributed by atoms with E-state index in [2.05, 4.69) is 10.7 Å². The molecule has 0 atom stereocenters. The van der Waals surface area contributed by atoms with E-state index in [0.29, 0.717) is 5.13 Å². The fourth-order valence-electron chi connectivity index (χ4n) is 0.907. The highest BCUT2D eigenvalue weighted by atomic mass is 32.1. The Labute approximate surface area is 67.7 Å². The smallest absolute Gasteiger partial charge is 0.181 e. The van der Waals surface area contributed by atoms with Gasteiger partial charge in [-0.15, -0.1) is 5.73 Å². The largest absolute Gasteiger partial charge is 0.375 e. The second-order valence-corrected chi connectivity index (χ2v) is 3.20. The first-order valence-electron chi connectivity index (χ1n) is 3.22. The van der Waals surface area contributed by atoms with Crippen molar-refractivity contribution in [3.63, 3.8) is 0 Å². The Morgan fingerprint density at radius 1 is 1.36 bits per heavy atom. The predicted octanol–water partition coefficient (Wildman–Crippen LogP) is 0.0112. The summed E-state index contributed by atoms with van der Waals surface area (Å²) < 4.78 is 1.10. The Hall–Kier alpha value is -1.31. The molecule has 2 nitrogen and oxygen atoms in total. The summed E-state index contributed by atoms with van der Waals surface area (Å²) in [6, 6.07) is 0. The van der Waals surface area contributed by atoms with Gasteiger partial charge in [-0.25, -0.2) is 4.98 Å². The first-order chi connectivity index (χ1) is 5.36. The van der Waals surface area contributed by atoms with Crippen LogP contribution >= 0.6 is 11.3 Å². The van der Waals surface area contributed by atoms with Gasteiger partial charge in [0.1, 0.15) is 0 Å². The van der Waals surface area contributed by atoms with E-state index in [1.807, 2.05) is 24.3 Å². The van der Waals surface area contributed by atoms with Crippen molar-refractivity contribution in [2.24, 2.45) is 0 Å². The molecule has 0 aromatic carbocycles. The lowest BCUT2D eigenvalue weighted by atomic mass is 10.5. The van der Waals surface area contributed by atoms with Crippen LogP contribution in [0.2, 0.25) is 0 Å². The topological polar surface area (TPSA) is 38.9 Å². The maximum Gasteiger partial charge on any atom is 0.181 e. The number of nitrogens with zero attached hydrogens (tertiary/aromatic N) is 1. The summed E-state index contributed by atoms with van der Waals surface area (Å²) in [6.07, 6.45) is 7.56. The molecule has 1 aliphatic rings. The number of rotatable bonds is 0. The van der Waals surface area contributed by atoms with Crippen molar-refractivity contribution in [1.82, 2.24) is 4.98 Å². The van der Waals surface area contributed by atoms with Crippen LogP contribution in [0.25, 0.3) is 12.2 Å². The normalized spacial score (nSPS) is 13.1. The van der Waals surface area contributed by atoms with Gasteiger partial charge in [0.2, 0.25) is 0 Å². The lowest BCUT2D eigenvalue weighted by Crippen LogP contribution is -2.19. The fraction of sp³-hybridized carbons (Fsp3) is 0. The molecule has 0 spiro atoms. The first-order valence-corrected chi connectivity index (χ1v) is 4.03. The zero-order valence-corrected chi connectivity index (χ0v) is 6.56. The lowest BCUT2D eigenvalue weighted by Gasteiger charge is -1.70. The van der Waals surface area contributed by atoms with Gasteiger partial charge in [-0.2, -0.15) is 0 Å². The van der Waals surface area contributed by atoms with Gasteiger partial charge >= 0.3 is 0 Å². The molecule has 0 fully saturated rings. The summed E-state index contributed by atoms with van der Waals surface area (Å²) in [4.78, 5) is 4.13. The molecule has 2 rings (SSSR count). The van der Waals surface area contributed by atoms with Crippen molar-refractivity contribution in [3.05, 3.63) is 27.8 Å². The van der Waals surface area contributed by atoms with Gasteiger partial charge in [-0.3, -0.25) is 0 Å². The SMILES string of the molecule is Nc1nc2c(s1)=CC=C=CC=2. The van der Waals surface area contributed by atoms with Crippen LogP contribution in [0.1, 0.15) is 0 Å². The molecule has 11 heavy (non-hydrogen) atoms. The highest BCUT2D eigenvalue weighted by Crippen LogP contribution is 1.95. The molecule has 3 heteroatoms. The molecular formula is C8H6N2S. The van der Waals surface area contributed by atoms with E-state index in [0.717, 1.165) is 9.88 Å². The van der Waals surface area contributed by atoms with Crippen LogP contribution < -0.4 is 15.6 Å². The Bertz CT molecular complexity index is 409. The second-order valence-electron chi connectivity index (χ2n) is 2.13. The number of nitrogen functional groups attached to an aromatic ring is 1. The minimum Gasteiger partial charge on any atom is -0.375 e. The molecule has 0 saturated heterocycles. The second kappa shape index (κ2) is 2.38. The molecule has 0 saturated carbocycles. The summed E-state index contributed by atoms with van der Waals surface area (Å²) in [5.41, 5.74) is 8.49. The van der Waals surface area contributed by atoms with Crippen LogP contribution in [-0.2, 0) is 0 Å². The van der Waals surface area contributed by atoms with Gasteiger partial charge in [0.15, 0.2) is 5.13 Å². The van der Waals surface area contributed by atoms with Crippen LogP contribution in [-0.4, -0.2) is 4.98 Å². The van der Waals surface area contributed by atoms with Gasteiger partial charge in [0, 0.05) is 0 Å². The molecule has 1 aromatic rings.